The predicted molar refractivity (Wildman–Crippen MR) is 298 cm³/mol. The highest BCUT2D eigenvalue weighted by atomic mass is 32.1. The second-order valence-electron chi connectivity index (χ2n) is 22.5. The summed E-state index contributed by atoms with van der Waals surface area (Å²) in [5.74, 6) is 0.00951. The Bertz CT molecular complexity index is 3280. The number of aliphatic hydroxyl groups is 1. The second kappa shape index (κ2) is 23.4. The zero-order chi connectivity index (χ0) is 55.7. The fourth-order valence-electron chi connectivity index (χ4n) is 11.7. The van der Waals surface area contributed by atoms with E-state index in [2.05, 4.69) is 46.6 Å². The number of nitrogens with zero attached hydrogens (tertiary/aromatic N) is 7. The highest BCUT2D eigenvalue weighted by Crippen LogP contribution is 2.40. The number of carbonyl (C=O) groups is 3. The number of aliphatic hydroxyl groups excluding tert-OH is 1. The average molecular weight is 1100 g/mol. The number of phenolic OH excluding ortho intramolecular Hbond substituents is 1. The van der Waals surface area contributed by atoms with Gasteiger partial charge in [0.15, 0.2) is 5.82 Å². The molecule has 3 aromatic heterocycles. The molecule has 2 bridgehead atoms. The van der Waals surface area contributed by atoms with Gasteiger partial charge >= 0.3 is 6.01 Å². The third-order valence-electron chi connectivity index (χ3n) is 15.8. The summed E-state index contributed by atoms with van der Waals surface area (Å²) in [5.41, 5.74) is 3.86. The molecule has 17 nitrogen and oxygen atoms in total. The van der Waals surface area contributed by atoms with Crippen LogP contribution in [-0.2, 0) is 19.1 Å². The number of unbranched alkanes of at least 4 members (excludes halogenated alkanes) is 1. The van der Waals surface area contributed by atoms with Crippen molar-refractivity contribution in [3.05, 3.63) is 88.7 Å². The summed E-state index contributed by atoms with van der Waals surface area (Å²) in [6.07, 6.45) is 11.8. The lowest BCUT2D eigenvalue weighted by Crippen LogP contribution is -2.58. The van der Waals surface area contributed by atoms with E-state index in [1.807, 2.05) is 64.4 Å². The highest BCUT2D eigenvalue weighted by Gasteiger charge is 2.45. The summed E-state index contributed by atoms with van der Waals surface area (Å²) in [4.78, 5) is 66.7. The van der Waals surface area contributed by atoms with Crippen molar-refractivity contribution in [2.75, 3.05) is 57.4 Å². The summed E-state index contributed by atoms with van der Waals surface area (Å²) >= 11 is 1.57. The first-order chi connectivity index (χ1) is 37.9. The van der Waals surface area contributed by atoms with Crippen molar-refractivity contribution in [3.8, 4) is 45.8 Å². The van der Waals surface area contributed by atoms with Gasteiger partial charge in [0.25, 0.3) is 0 Å². The number of carbonyl (C=O) groups excluding carboxylic acids is 3. The van der Waals surface area contributed by atoms with Crippen molar-refractivity contribution in [2.24, 2.45) is 5.41 Å². The van der Waals surface area contributed by atoms with Gasteiger partial charge in [-0.2, -0.15) is 9.97 Å². The first-order valence-corrected chi connectivity index (χ1v) is 28.1. The summed E-state index contributed by atoms with van der Waals surface area (Å²) < 4.78 is 44.4. The van der Waals surface area contributed by atoms with Gasteiger partial charge in [-0.05, 0) is 106 Å². The molecule has 20 heteroatoms. The number of nitrogens with one attached hydrogen (secondary N) is 3. The first-order valence-electron chi connectivity index (χ1n) is 27.3. The number of aromatic nitrogens is 4. The summed E-state index contributed by atoms with van der Waals surface area (Å²) in [6, 6.07) is 11.7. The molecule has 0 saturated carbocycles. The van der Waals surface area contributed by atoms with Gasteiger partial charge in [0.2, 0.25) is 17.7 Å². The molecule has 10 rings (SSSR count). The Hall–Kier alpha value is -6.89. The fourth-order valence-corrected chi connectivity index (χ4v) is 12.5. The molecule has 0 radical (unpaired) electrons. The molecule has 5 N–H and O–H groups in total. The van der Waals surface area contributed by atoms with Crippen LogP contribution in [-0.4, -0.2) is 147 Å². The number of pyridine rings is 1. The first kappa shape index (κ1) is 55.4. The number of halogens is 2. The number of fused-ring (bicyclic) bond motifs is 4. The normalized spacial score (nSPS) is 21.1. The molecule has 4 aliphatic heterocycles. The Balaban J connectivity index is 0.734. The summed E-state index contributed by atoms with van der Waals surface area (Å²) in [6.45, 7) is 12.5. The van der Waals surface area contributed by atoms with Crippen LogP contribution in [0, 0.1) is 36.3 Å². The molecule has 4 aliphatic rings. The van der Waals surface area contributed by atoms with Gasteiger partial charge < -0.3 is 45.4 Å². The number of ether oxygens (including phenoxy) is 2. The van der Waals surface area contributed by atoms with Crippen LogP contribution in [0.5, 0.6) is 11.8 Å². The van der Waals surface area contributed by atoms with Crippen LogP contribution in [0.1, 0.15) is 95.5 Å². The maximum atomic E-state index is 17.1. The molecule has 0 aliphatic carbocycles. The van der Waals surface area contributed by atoms with Crippen molar-refractivity contribution < 1.29 is 42.9 Å². The molecule has 4 fully saturated rings. The minimum atomic E-state index is -0.990. The van der Waals surface area contributed by atoms with Gasteiger partial charge in [0.05, 0.1) is 39.2 Å². The second-order valence-corrected chi connectivity index (χ2v) is 23.4. The van der Waals surface area contributed by atoms with Crippen molar-refractivity contribution >= 4 is 56.6 Å². The largest absolute Gasteiger partial charge is 0.508 e. The minimum absolute atomic E-state index is 0.0173. The average Bonchev–Trinajstić information content (AvgIpc) is 4.39. The van der Waals surface area contributed by atoms with Crippen LogP contribution in [0.3, 0.4) is 0 Å². The monoisotopic (exact) mass is 1100 g/mol. The highest BCUT2D eigenvalue weighted by molar-refractivity contribution is 7.13. The van der Waals surface area contributed by atoms with Crippen LogP contribution in [0.4, 0.5) is 14.6 Å². The van der Waals surface area contributed by atoms with Gasteiger partial charge in [0, 0.05) is 67.9 Å². The van der Waals surface area contributed by atoms with E-state index in [0.29, 0.717) is 42.7 Å². The molecule has 7 unspecified atom stereocenters. The number of thiazole rings is 1. The van der Waals surface area contributed by atoms with Crippen LogP contribution >= 0.6 is 11.3 Å². The van der Waals surface area contributed by atoms with Gasteiger partial charge in [-0.15, -0.1) is 17.8 Å². The SMILES string of the molecule is C#Cc1c(F)ccc2cc(O)cc(-c3ncc4c(N5CC6CCC(C5)N6)nc(OCC5CCCN5CCCCOCC(=O)NC(C(=O)N5CC(O)CC5C(=O)NC(C)c5ccc(-c6scnc6C)cc5)C(C)(C)C)nc4c3F)c12. The zero-order valence-electron chi connectivity index (χ0n) is 45.2. The molecule has 6 aromatic rings. The number of hydrogen-bond acceptors (Lipinski definition) is 15. The third-order valence-corrected chi connectivity index (χ3v) is 16.8. The van der Waals surface area contributed by atoms with Gasteiger partial charge in [0.1, 0.15) is 53.9 Å². The van der Waals surface area contributed by atoms with E-state index in [9.17, 15) is 24.6 Å². The van der Waals surface area contributed by atoms with Crippen LogP contribution in [0.2, 0.25) is 0 Å². The number of aryl methyl sites for hydroxylation is 1. The van der Waals surface area contributed by atoms with Crippen molar-refractivity contribution in [3.63, 3.8) is 0 Å². The van der Waals surface area contributed by atoms with Crippen LogP contribution in [0.15, 0.2) is 60.2 Å². The Morgan fingerprint density at radius 1 is 1.00 bits per heavy atom. The Morgan fingerprint density at radius 3 is 2.49 bits per heavy atom. The van der Waals surface area contributed by atoms with Gasteiger partial charge in [-0.1, -0.05) is 57.0 Å². The number of phenols is 1. The Kier molecular flexibility index (Phi) is 16.4. The van der Waals surface area contributed by atoms with Gasteiger partial charge in [-0.25, -0.2) is 13.8 Å². The third kappa shape index (κ3) is 12.0. The molecule has 3 amide bonds. The van der Waals surface area contributed by atoms with E-state index >= 15 is 8.78 Å². The predicted octanol–water partition coefficient (Wildman–Crippen LogP) is 7.19. The molecule has 0 spiro atoms. The number of amides is 3. The maximum Gasteiger partial charge on any atom is 0.319 e. The quantitative estimate of drug-likeness (QED) is 0.0427. The topological polar surface area (TPSA) is 208 Å². The molecular formula is C59H68F2N10O7S. The number of hydrogen-bond donors (Lipinski definition) is 5. The lowest BCUT2D eigenvalue weighted by molar-refractivity contribution is -0.144. The number of aromatic hydroxyl groups is 1. The lowest BCUT2D eigenvalue weighted by Gasteiger charge is -2.35. The standard InChI is InChI=1S/C59H68F2N10O7S/c1-7-43-46(60)19-16-37-23-41(72)24-44(49(37)43)51-50(61)52-45(26-62-51)55(70-27-38-17-18-39(28-70)65-38)68-58(67-52)78-30-40-11-10-21-69(40)20-8-9-22-77-31-48(74)66-54(59(4,5)6)57(76)71-29-42(73)25-47(71)56(75)64-33(2)35-12-14-36(15-13-35)53-34(3)63-32-79-53/h1,12-16,19,23-24,26,32-33,38-40,42,47,54,65,72-73H,8-11,17-18,20-22,25,27-31H2,2-6H3,(H,64,75)(H,66,74). The molecule has 79 heavy (non-hydrogen) atoms. The number of benzene rings is 3. The number of rotatable bonds is 18. The zero-order valence-corrected chi connectivity index (χ0v) is 46.0. The smallest absolute Gasteiger partial charge is 0.319 e. The molecule has 416 valence electrons. The van der Waals surface area contributed by atoms with Crippen LogP contribution < -0.4 is 25.6 Å². The van der Waals surface area contributed by atoms with E-state index < -0.39 is 47.1 Å². The van der Waals surface area contributed by atoms with E-state index in [0.717, 1.165) is 66.9 Å². The fraction of sp³-hybridized carbons (Fsp3) is 0.475. The molecule has 7 heterocycles. The summed E-state index contributed by atoms with van der Waals surface area (Å²) in [7, 11) is 0. The number of anilines is 1. The van der Waals surface area contributed by atoms with E-state index in [4.69, 9.17) is 20.9 Å². The van der Waals surface area contributed by atoms with Gasteiger partial charge in [-0.3, -0.25) is 24.3 Å². The van der Waals surface area contributed by atoms with Crippen molar-refractivity contribution in [1.29, 1.82) is 0 Å². The minimum Gasteiger partial charge on any atom is -0.508 e. The Labute approximate surface area is 462 Å². The van der Waals surface area contributed by atoms with Crippen molar-refractivity contribution in [2.45, 2.75) is 122 Å². The lowest BCUT2D eigenvalue weighted by atomic mass is 9.85. The number of terminal acetylenes is 1. The maximum absolute atomic E-state index is 17.1. The van der Waals surface area contributed by atoms with E-state index in [-0.39, 0.29) is 95.7 Å². The van der Waals surface area contributed by atoms with E-state index in [1.165, 1.54) is 35.4 Å². The van der Waals surface area contributed by atoms with Crippen molar-refractivity contribution in [1.82, 2.24) is 45.7 Å². The van der Waals surface area contributed by atoms with Crippen LogP contribution in [0.25, 0.3) is 43.4 Å². The molecular weight excluding hydrogens is 1030 g/mol. The molecule has 4 saturated heterocycles. The summed E-state index contributed by atoms with van der Waals surface area (Å²) in [5, 5.41) is 32.0. The van der Waals surface area contributed by atoms with E-state index in [1.54, 1.807) is 11.3 Å². The number of likely N-dealkylation sites (tertiary alicyclic amines) is 2. The molecule has 3 aromatic carbocycles. The number of β-amino-alcohol motifs (C(OH)–C–C–N with tert-alkyl or cyclic N) is 1. The molecule has 7 atom stereocenters. The number of piperazine rings is 1. The Morgan fingerprint density at radius 2 is 1.77 bits per heavy atom.